The lowest BCUT2D eigenvalue weighted by Gasteiger charge is -2.17. The van der Waals surface area contributed by atoms with Crippen molar-refractivity contribution in [2.24, 2.45) is 0 Å². The molecule has 0 amide bonds. The molecular formula is C8H16N2O4. The largest absolute Gasteiger partial charge is 0.462 e. The number of carbonyl (C=O) groups excluding carboxylic acids is 1. The zero-order chi connectivity index (χ0) is 11.2. The lowest BCUT2D eigenvalue weighted by molar-refractivity contribution is -0.528. The van der Waals surface area contributed by atoms with Gasteiger partial charge in [-0.25, -0.2) is 0 Å². The second-order valence-corrected chi connectivity index (χ2v) is 3.92. The van der Waals surface area contributed by atoms with Crippen molar-refractivity contribution in [3.63, 3.8) is 0 Å². The molecule has 1 rings (SSSR count). The van der Waals surface area contributed by atoms with Crippen molar-refractivity contribution in [2.45, 2.75) is 32.4 Å². The molecule has 6 nitrogen and oxygen atoms in total. The molecule has 0 aromatic carbocycles. The van der Waals surface area contributed by atoms with Crippen LogP contribution in [0.2, 0.25) is 0 Å². The van der Waals surface area contributed by atoms with Gasteiger partial charge in [-0.05, 0) is 20.8 Å². The SMILES string of the molecule is CC(C)(C)OC=O.O=[N+]([O-])C1CNC1. The molecule has 0 atom stereocenters. The van der Waals surface area contributed by atoms with Crippen LogP contribution < -0.4 is 5.32 Å². The molecule has 6 heteroatoms. The summed E-state index contributed by atoms with van der Waals surface area (Å²) in [4.78, 5) is 19.1. The summed E-state index contributed by atoms with van der Waals surface area (Å²) in [6.45, 7) is 7.02. The number of nitro groups is 1. The summed E-state index contributed by atoms with van der Waals surface area (Å²) in [6, 6.07) is -0.306. The zero-order valence-corrected chi connectivity index (χ0v) is 8.65. The van der Waals surface area contributed by atoms with E-state index in [1.807, 2.05) is 20.8 Å². The zero-order valence-electron chi connectivity index (χ0n) is 8.65. The second kappa shape index (κ2) is 5.54. The van der Waals surface area contributed by atoms with E-state index in [1.54, 1.807) is 0 Å². The highest BCUT2D eigenvalue weighted by Crippen LogP contribution is 2.02. The van der Waals surface area contributed by atoms with E-state index in [0.29, 0.717) is 19.6 Å². The molecular weight excluding hydrogens is 188 g/mol. The van der Waals surface area contributed by atoms with Crippen molar-refractivity contribution in [1.82, 2.24) is 5.32 Å². The first-order valence-electron chi connectivity index (χ1n) is 4.32. The average molecular weight is 204 g/mol. The third-order valence-electron chi connectivity index (χ3n) is 1.46. The monoisotopic (exact) mass is 204 g/mol. The molecule has 1 heterocycles. The normalized spacial score (nSPS) is 15.9. The Morgan fingerprint density at radius 3 is 2.00 bits per heavy atom. The predicted octanol–water partition coefficient (Wildman–Crippen LogP) is 0.193. The van der Waals surface area contributed by atoms with Crippen LogP contribution in [-0.4, -0.2) is 36.1 Å². The maximum atomic E-state index is 9.75. The Morgan fingerprint density at radius 1 is 1.50 bits per heavy atom. The van der Waals surface area contributed by atoms with Crippen LogP contribution >= 0.6 is 0 Å². The van der Waals surface area contributed by atoms with E-state index in [2.05, 4.69) is 10.1 Å². The molecule has 1 N–H and O–H groups in total. The fourth-order valence-corrected chi connectivity index (χ4v) is 0.567. The molecule has 82 valence electrons. The first-order valence-corrected chi connectivity index (χ1v) is 4.32. The first-order chi connectivity index (χ1) is 6.37. The van der Waals surface area contributed by atoms with Gasteiger partial charge in [0.1, 0.15) is 5.60 Å². The lowest BCUT2D eigenvalue weighted by Crippen LogP contribution is -2.51. The average Bonchev–Trinajstić information content (AvgIpc) is 1.78. The number of nitrogens with one attached hydrogen (secondary N) is 1. The van der Waals surface area contributed by atoms with Gasteiger partial charge in [0.15, 0.2) is 0 Å². The standard InChI is InChI=1S/C5H10O2.C3H6N2O2/c1-5(2,3)7-4-6;6-5(7)3-1-4-2-3/h4H,1-3H3;3-4H,1-2H2. The smallest absolute Gasteiger partial charge is 0.293 e. The van der Waals surface area contributed by atoms with Crippen LogP contribution in [0.4, 0.5) is 0 Å². The number of carbonyl (C=O) groups is 1. The van der Waals surface area contributed by atoms with Gasteiger partial charge in [-0.15, -0.1) is 0 Å². The van der Waals surface area contributed by atoms with Crippen LogP contribution in [0, 0.1) is 10.1 Å². The van der Waals surface area contributed by atoms with E-state index in [9.17, 15) is 14.9 Å². The Labute approximate surface area is 82.8 Å². The van der Waals surface area contributed by atoms with Gasteiger partial charge in [0.05, 0.1) is 13.1 Å². The highest BCUT2D eigenvalue weighted by molar-refractivity contribution is 5.37. The molecule has 0 aromatic rings. The summed E-state index contributed by atoms with van der Waals surface area (Å²) < 4.78 is 4.55. The Kier molecular flexibility index (Phi) is 5.07. The second-order valence-electron chi connectivity index (χ2n) is 3.92. The van der Waals surface area contributed by atoms with Crippen molar-refractivity contribution < 1.29 is 14.5 Å². The minimum atomic E-state index is -0.318. The summed E-state index contributed by atoms with van der Waals surface area (Å²) in [5.41, 5.74) is -0.318. The molecule has 0 saturated carbocycles. The molecule has 0 unspecified atom stereocenters. The Morgan fingerprint density at radius 2 is 2.00 bits per heavy atom. The van der Waals surface area contributed by atoms with Gasteiger partial charge in [-0.2, -0.15) is 0 Å². The summed E-state index contributed by atoms with van der Waals surface area (Å²) in [5.74, 6) is 0. The highest BCUT2D eigenvalue weighted by atomic mass is 16.6. The van der Waals surface area contributed by atoms with Crippen molar-refractivity contribution in [2.75, 3.05) is 13.1 Å². The van der Waals surface area contributed by atoms with E-state index >= 15 is 0 Å². The highest BCUT2D eigenvalue weighted by Gasteiger charge is 2.26. The molecule has 1 aliphatic heterocycles. The first kappa shape index (κ1) is 12.8. The van der Waals surface area contributed by atoms with Crippen LogP contribution in [0.1, 0.15) is 20.8 Å². The molecule has 0 aromatic heterocycles. The van der Waals surface area contributed by atoms with Gasteiger partial charge in [-0.1, -0.05) is 0 Å². The third kappa shape index (κ3) is 6.36. The Bertz CT molecular complexity index is 196. The van der Waals surface area contributed by atoms with Crippen LogP contribution in [-0.2, 0) is 9.53 Å². The van der Waals surface area contributed by atoms with Crippen LogP contribution in [0.15, 0.2) is 0 Å². The Balaban J connectivity index is 0.000000241. The molecule has 0 spiro atoms. The van der Waals surface area contributed by atoms with Gasteiger partial charge in [-0.3, -0.25) is 14.9 Å². The minimum Gasteiger partial charge on any atom is -0.462 e. The van der Waals surface area contributed by atoms with Crippen molar-refractivity contribution >= 4 is 6.47 Å². The van der Waals surface area contributed by atoms with E-state index in [0.717, 1.165) is 0 Å². The number of hydrogen-bond acceptors (Lipinski definition) is 5. The fraction of sp³-hybridized carbons (Fsp3) is 0.875. The summed E-state index contributed by atoms with van der Waals surface area (Å²) >= 11 is 0. The van der Waals surface area contributed by atoms with Crippen molar-refractivity contribution in [1.29, 1.82) is 0 Å². The van der Waals surface area contributed by atoms with E-state index in [-0.39, 0.29) is 16.6 Å². The predicted molar refractivity (Wildman–Crippen MR) is 50.6 cm³/mol. The topological polar surface area (TPSA) is 81.5 Å². The molecule has 0 radical (unpaired) electrons. The molecule has 1 fully saturated rings. The number of rotatable bonds is 2. The van der Waals surface area contributed by atoms with E-state index in [4.69, 9.17) is 0 Å². The van der Waals surface area contributed by atoms with Crippen LogP contribution in [0.3, 0.4) is 0 Å². The number of ether oxygens (including phenoxy) is 1. The minimum absolute atomic E-state index is 0.253. The van der Waals surface area contributed by atoms with Crippen LogP contribution in [0.5, 0.6) is 0 Å². The fourth-order valence-electron chi connectivity index (χ4n) is 0.567. The van der Waals surface area contributed by atoms with Crippen molar-refractivity contribution in [3.05, 3.63) is 10.1 Å². The quantitative estimate of drug-likeness (QED) is 0.394. The summed E-state index contributed by atoms with van der Waals surface area (Å²) in [7, 11) is 0. The summed E-state index contributed by atoms with van der Waals surface area (Å²) in [6.07, 6.45) is 0. The molecule has 0 aliphatic carbocycles. The van der Waals surface area contributed by atoms with Crippen LogP contribution in [0.25, 0.3) is 0 Å². The third-order valence-corrected chi connectivity index (χ3v) is 1.46. The number of nitrogens with zero attached hydrogens (tertiary/aromatic N) is 1. The maximum absolute atomic E-state index is 9.75. The molecule has 1 saturated heterocycles. The van der Waals surface area contributed by atoms with Gasteiger partial charge >= 0.3 is 0 Å². The van der Waals surface area contributed by atoms with Gasteiger partial charge in [0.25, 0.3) is 6.47 Å². The molecule has 14 heavy (non-hydrogen) atoms. The van der Waals surface area contributed by atoms with E-state index < -0.39 is 0 Å². The summed E-state index contributed by atoms with van der Waals surface area (Å²) in [5, 5.41) is 12.5. The Hall–Kier alpha value is -1.17. The number of hydrogen-bond donors (Lipinski definition) is 1. The lowest BCUT2D eigenvalue weighted by atomic mass is 10.2. The van der Waals surface area contributed by atoms with Gasteiger partial charge in [0, 0.05) is 4.92 Å². The molecule has 1 aliphatic rings. The van der Waals surface area contributed by atoms with Crippen molar-refractivity contribution in [3.8, 4) is 0 Å². The van der Waals surface area contributed by atoms with E-state index in [1.165, 1.54) is 0 Å². The van der Waals surface area contributed by atoms with Gasteiger partial charge in [0.2, 0.25) is 6.04 Å². The molecule has 0 bridgehead atoms. The maximum Gasteiger partial charge on any atom is 0.293 e. The van der Waals surface area contributed by atoms with Gasteiger partial charge < -0.3 is 10.1 Å².